The van der Waals surface area contributed by atoms with Crippen molar-refractivity contribution in [3.05, 3.63) is 56.8 Å². The second kappa shape index (κ2) is 12.2. The van der Waals surface area contributed by atoms with Gasteiger partial charge < -0.3 is 20.1 Å². The minimum Gasteiger partial charge on any atom is -0.365 e. The Balaban J connectivity index is 1.33. The molecule has 236 valence electrons. The first-order valence-corrected chi connectivity index (χ1v) is 17.0. The number of amides is 2. The number of aromatic nitrogens is 2. The first-order chi connectivity index (χ1) is 20.9. The molecule has 1 aromatic heterocycles. The fourth-order valence-corrected chi connectivity index (χ4v) is 7.92. The number of aryl methyl sites for hydroxylation is 1. The second-order valence-electron chi connectivity index (χ2n) is 14.4. The normalized spacial score (nSPS) is 23.4. The minimum atomic E-state index is -0.493. The van der Waals surface area contributed by atoms with Crippen LogP contribution in [-0.2, 0) is 24.8 Å². The third-order valence-corrected chi connectivity index (χ3v) is 11.0. The van der Waals surface area contributed by atoms with Crippen LogP contribution < -0.4 is 15.5 Å². The topological polar surface area (TPSA) is 79.3 Å². The standard InChI is InChI=1S/C35H45Cl2N5O2/c1-20-6-9-22(10-7-20)39-33(43)26-16-28-30(18-29(26)42-23-11-12-24(42)14-13-23)41(5)31(40-28)17-25-27(36)15-8-21(32(25)37)19-38-34(44)35(2,3)4/h8,15-16,18,20,22-24H,6-7,9-14,17,19H2,1-5H3,(H,38,44)(H,39,43). The van der Waals surface area contributed by atoms with E-state index in [2.05, 4.69) is 33.1 Å². The lowest BCUT2D eigenvalue weighted by Crippen LogP contribution is -2.38. The SMILES string of the molecule is CC1CCC(NC(=O)c2cc3nc(Cc4c(Cl)ccc(CNC(=O)C(C)(C)C)c4Cl)n(C)c3cc2N2C3CCC2CC3)CC1. The van der Waals surface area contributed by atoms with E-state index in [1.807, 2.05) is 46.0 Å². The number of nitrogens with one attached hydrogen (secondary N) is 2. The van der Waals surface area contributed by atoms with E-state index in [0.717, 1.165) is 70.8 Å². The molecule has 1 saturated carbocycles. The summed E-state index contributed by atoms with van der Waals surface area (Å²) in [6.07, 6.45) is 9.55. The zero-order chi connectivity index (χ0) is 31.3. The molecule has 2 aliphatic heterocycles. The highest BCUT2D eigenvalue weighted by atomic mass is 35.5. The molecular weight excluding hydrogens is 593 g/mol. The highest BCUT2D eigenvalue weighted by Gasteiger charge is 2.41. The van der Waals surface area contributed by atoms with Crippen LogP contribution in [0.3, 0.4) is 0 Å². The van der Waals surface area contributed by atoms with Gasteiger partial charge in [-0.05, 0) is 86.6 Å². The number of carbonyl (C=O) groups excluding carboxylic acids is 2. The lowest BCUT2D eigenvalue weighted by molar-refractivity contribution is -0.128. The monoisotopic (exact) mass is 637 g/mol. The second-order valence-corrected chi connectivity index (χ2v) is 15.1. The average molecular weight is 639 g/mol. The van der Waals surface area contributed by atoms with Crippen LogP contribution in [0.2, 0.25) is 10.0 Å². The number of anilines is 1. The average Bonchev–Trinajstić information content (AvgIpc) is 3.67. The van der Waals surface area contributed by atoms with Crippen molar-refractivity contribution in [2.45, 2.75) is 110 Å². The third-order valence-electron chi connectivity index (χ3n) is 10.1. The van der Waals surface area contributed by atoms with Crippen LogP contribution in [0.4, 0.5) is 5.69 Å². The molecule has 0 atom stereocenters. The van der Waals surface area contributed by atoms with Crippen molar-refractivity contribution in [1.29, 1.82) is 0 Å². The van der Waals surface area contributed by atoms with Crippen molar-refractivity contribution >= 4 is 51.7 Å². The van der Waals surface area contributed by atoms with E-state index in [0.29, 0.717) is 35.1 Å². The van der Waals surface area contributed by atoms with E-state index in [1.54, 1.807) is 0 Å². The number of halogens is 2. The molecular formula is C35H45Cl2N5O2. The van der Waals surface area contributed by atoms with Gasteiger partial charge in [-0.2, -0.15) is 0 Å². The van der Waals surface area contributed by atoms with Crippen LogP contribution in [0, 0.1) is 11.3 Å². The summed E-state index contributed by atoms with van der Waals surface area (Å²) in [6, 6.07) is 9.08. The summed E-state index contributed by atoms with van der Waals surface area (Å²) in [5.41, 5.74) is 4.64. The van der Waals surface area contributed by atoms with Gasteiger partial charge in [0.1, 0.15) is 5.82 Å². The van der Waals surface area contributed by atoms with Crippen LogP contribution in [-0.4, -0.2) is 39.5 Å². The van der Waals surface area contributed by atoms with E-state index in [4.69, 9.17) is 28.2 Å². The number of carbonyl (C=O) groups is 2. The molecule has 3 aromatic rings. The molecule has 44 heavy (non-hydrogen) atoms. The van der Waals surface area contributed by atoms with Crippen LogP contribution >= 0.6 is 23.2 Å². The number of hydrogen-bond acceptors (Lipinski definition) is 4. The lowest BCUT2D eigenvalue weighted by Gasteiger charge is -2.29. The van der Waals surface area contributed by atoms with Gasteiger partial charge in [-0.25, -0.2) is 4.98 Å². The van der Waals surface area contributed by atoms with Gasteiger partial charge in [0.15, 0.2) is 0 Å². The molecule has 3 fully saturated rings. The Hall–Kier alpha value is -2.77. The van der Waals surface area contributed by atoms with Crippen molar-refractivity contribution in [2.24, 2.45) is 18.4 Å². The third kappa shape index (κ3) is 6.06. The van der Waals surface area contributed by atoms with Gasteiger partial charge in [0.2, 0.25) is 5.91 Å². The van der Waals surface area contributed by atoms with E-state index in [-0.39, 0.29) is 17.9 Å². The molecule has 6 rings (SSSR count). The molecule has 7 nitrogen and oxygen atoms in total. The molecule has 2 aromatic carbocycles. The Bertz CT molecular complexity index is 1560. The number of rotatable bonds is 7. The van der Waals surface area contributed by atoms with E-state index >= 15 is 0 Å². The van der Waals surface area contributed by atoms with Crippen molar-refractivity contribution in [3.8, 4) is 0 Å². The molecule has 2 amide bonds. The number of nitrogens with zero attached hydrogens (tertiary/aromatic N) is 3. The number of hydrogen-bond donors (Lipinski definition) is 2. The molecule has 3 heterocycles. The Morgan fingerprint density at radius 3 is 2.27 bits per heavy atom. The zero-order valence-corrected chi connectivity index (χ0v) is 28.1. The Labute approximate surface area is 271 Å². The van der Waals surface area contributed by atoms with E-state index in [1.165, 1.54) is 25.7 Å². The molecule has 1 aliphatic carbocycles. The highest BCUT2D eigenvalue weighted by Crippen LogP contribution is 2.43. The fraction of sp³-hybridized carbons (Fsp3) is 0.571. The summed E-state index contributed by atoms with van der Waals surface area (Å²) in [5.74, 6) is 1.51. The maximum atomic E-state index is 13.9. The van der Waals surface area contributed by atoms with Crippen molar-refractivity contribution in [3.63, 3.8) is 0 Å². The quantitative estimate of drug-likeness (QED) is 0.280. The van der Waals surface area contributed by atoms with Crippen LogP contribution in [0.25, 0.3) is 11.0 Å². The van der Waals surface area contributed by atoms with Crippen molar-refractivity contribution < 1.29 is 9.59 Å². The van der Waals surface area contributed by atoms with Crippen molar-refractivity contribution in [1.82, 2.24) is 20.2 Å². The van der Waals surface area contributed by atoms with Crippen LogP contribution in [0.1, 0.15) is 106 Å². The summed E-state index contributed by atoms with van der Waals surface area (Å²) in [4.78, 5) is 33.9. The molecule has 0 unspecified atom stereocenters. The van der Waals surface area contributed by atoms with Gasteiger partial charge >= 0.3 is 0 Å². The van der Waals surface area contributed by atoms with Crippen molar-refractivity contribution in [2.75, 3.05) is 4.90 Å². The Kier molecular flexibility index (Phi) is 8.66. The smallest absolute Gasteiger partial charge is 0.253 e. The molecule has 2 N–H and O–H groups in total. The van der Waals surface area contributed by atoms with Gasteiger partial charge in [-0.1, -0.05) is 57.0 Å². The van der Waals surface area contributed by atoms with E-state index < -0.39 is 5.41 Å². The molecule has 9 heteroatoms. The largest absolute Gasteiger partial charge is 0.365 e. The molecule has 0 radical (unpaired) electrons. The van der Waals surface area contributed by atoms with Crippen LogP contribution in [0.5, 0.6) is 0 Å². The predicted octanol–water partition coefficient (Wildman–Crippen LogP) is 7.57. The summed E-state index contributed by atoms with van der Waals surface area (Å²) in [6.45, 7) is 8.27. The van der Waals surface area contributed by atoms with Gasteiger partial charge in [-0.15, -0.1) is 0 Å². The van der Waals surface area contributed by atoms with Gasteiger partial charge in [-0.3, -0.25) is 9.59 Å². The summed E-state index contributed by atoms with van der Waals surface area (Å²) >= 11 is 13.6. The number of fused-ring (bicyclic) bond motifs is 3. The predicted molar refractivity (Wildman–Crippen MR) is 179 cm³/mol. The Morgan fingerprint density at radius 1 is 0.977 bits per heavy atom. The van der Waals surface area contributed by atoms with E-state index in [9.17, 15) is 9.59 Å². The van der Waals surface area contributed by atoms with Gasteiger partial charge in [0.25, 0.3) is 5.91 Å². The van der Waals surface area contributed by atoms with Gasteiger partial charge in [0, 0.05) is 48.6 Å². The minimum absolute atomic E-state index is 0.0102. The Morgan fingerprint density at radius 2 is 1.64 bits per heavy atom. The van der Waals surface area contributed by atoms with Crippen LogP contribution in [0.15, 0.2) is 24.3 Å². The molecule has 2 saturated heterocycles. The number of imidazole rings is 1. The maximum absolute atomic E-state index is 13.9. The maximum Gasteiger partial charge on any atom is 0.253 e. The summed E-state index contributed by atoms with van der Waals surface area (Å²) in [5, 5.41) is 7.46. The first-order valence-electron chi connectivity index (χ1n) is 16.2. The zero-order valence-electron chi connectivity index (χ0n) is 26.6. The molecule has 3 aliphatic rings. The summed E-state index contributed by atoms with van der Waals surface area (Å²) in [7, 11) is 2.02. The van der Waals surface area contributed by atoms with Gasteiger partial charge in [0.05, 0.1) is 27.3 Å². The summed E-state index contributed by atoms with van der Waals surface area (Å²) < 4.78 is 2.10. The fourth-order valence-electron chi connectivity index (χ4n) is 7.35. The molecule has 0 spiro atoms. The number of benzene rings is 2. The molecule has 2 bridgehead atoms. The first kappa shape index (κ1) is 31.2. The lowest BCUT2D eigenvalue weighted by atomic mass is 9.87. The highest BCUT2D eigenvalue weighted by molar-refractivity contribution is 6.36.